The molecule has 0 spiro atoms. The van der Waals surface area contributed by atoms with Gasteiger partial charge in [-0.3, -0.25) is 9.78 Å². The fourth-order valence-electron chi connectivity index (χ4n) is 2.37. The van der Waals surface area contributed by atoms with E-state index in [0.717, 1.165) is 16.9 Å². The molecule has 0 unspecified atom stereocenters. The Labute approximate surface area is 139 Å². The summed E-state index contributed by atoms with van der Waals surface area (Å²) in [5.74, 6) is 0.230. The zero-order valence-electron chi connectivity index (χ0n) is 13.4. The zero-order chi connectivity index (χ0) is 16.9. The van der Waals surface area contributed by atoms with Crippen LogP contribution in [0, 0.1) is 6.92 Å². The van der Waals surface area contributed by atoms with Crippen molar-refractivity contribution >= 4 is 5.91 Å². The molecule has 0 aliphatic rings. The van der Waals surface area contributed by atoms with Crippen LogP contribution < -0.4 is 10.1 Å². The summed E-state index contributed by atoms with van der Waals surface area (Å²) < 4.78 is 6.88. The lowest BCUT2D eigenvalue weighted by Gasteiger charge is -2.12. The highest BCUT2D eigenvalue weighted by Crippen LogP contribution is 2.18. The van der Waals surface area contributed by atoms with Gasteiger partial charge in [-0.05, 0) is 24.6 Å². The maximum atomic E-state index is 12.5. The molecule has 0 aliphatic carbocycles. The SMILES string of the molecule is COc1cnc(C)cc1C(=O)NCc1ccccc1-n1cncn1. The second-order valence-electron chi connectivity index (χ2n) is 5.18. The van der Waals surface area contributed by atoms with Crippen LogP contribution in [-0.4, -0.2) is 32.8 Å². The Morgan fingerprint density at radius 2 is 2.17 bits per heavy atom. The highest BCUT2D eigenvalue weighted by Gasteiger charge is 2.14. The molecule has 0 fully saturated rings. The van der Waals surface area contributed by atoms with Gasteiger partial charge in [-0.2, -0.15) is 5.10 Å². The van der Waals surface area contributed by atoms with Crippen LogP contribution >= 0.6 is 0 Å². The molecule has 1 N–H and O–H groups in total. The van der Waals surface area contributed by atoms with Crippen LogP contribution in [0.5, 0.6) is 5.75 Å². The molecule has 0 radical (unpaired) electrons. The normalized spacial score (nSPS) is 10.4. The third-order valence-electron chi connectivity index (χ3n) is 3.57. The van der Waals surface area contributed by atoms with E-state index in [1.54, 1.807) is 23.3 Å². The number of aromatic nitrogens is 4. The number of amides is 1. The summed E-state index contributed by atoms with van der Waals surface area (Å²) in [5.41, 5.74) is 3.02. The number of para-hydroxylation sites is 1. The van der Waals surface area contributed by atoms with Crippen molar-refractivity contribution in [3.63, 3.8) is 0 Å². The Morgan fingerprint density at radius 1 is 1.33 bits per heavy atom. The molecule has 2 heterocycles. The van der Waals surface area contributed by atoms with E-state index in [0.29, 0.717) is 17.9 Å². The van der Waals surface area contributed by atoms with E-state index in [-0.39, 0.29) is 5.91 Å². The second kappa shape index (κ2) is 6.91. The molecule has 0 saturated carbocycles. The Kier molecular flexibility index (Phi) is 4.51. The van der Waals surface area contributed by atoms with Gasteiger partial charge in [-0.15, -0.1) is 0 Å². The molecule has 0 atom stereocenters. The van der Waals surface area contributed by atoms with Crippen LogP contribution in [0.1, 0.15) is 21.6 Å². The average molecular weight is 323 g/mol. The number of rotatable bonds is 5. The van der Waals surface area contributed by atoms with Crippen molar-refractivity contribution in [1.82, 2.24) is 25.1 Å². The Hall–Kier alpha value is -3.22. The van der Waals surface area contributed by atoms with Crippen molar-refractivity contribution in [2.24, 2.45) is 0 Å². The summed E-state index contributed by atoms with van der Waals surface area (Å²) in [6, 6.07) is 9.40. The molecular weight excluding hydrogens is 306 g/mol. The van der Waals surface area contributed by atoms with Gasteiger partial charge in [0, 0.05) is 12.2 Å². The average Bonchev–Trinajstić information content (AvgIpc) is 3.14. The quantitative estimate of drug-likeness (QED) is 0.775. The number of pyridine rings is 1. The predicted octanol–water partition coefficient (Wildman–Crippen LogP) is 1.91. The van der Waals surface area contributed by atoms with Crippen LogP contribution in [0.25, 0.3) is 5.69 Å². The first kappa shape index (κ1) is 15.7. The van der Waals surface area contributed by atoms with E-state index < -0.39 is 0 Å². The number of nitrogens with zero attached hydrogens (tertiary/aromatic N) is 4. The molecule has 24 heavy (non-hydrogen) atoms. The van der Waals surface area contributed by atoms with E-state index in [4.69, 9.17) is 4.74 Å². The van der Waals surface area contributed by atoms with Gasteiger partial charge in [0.15, 0.2) is 0 Å². The smallest absolute Gasteiger partial charge is 0.255 e. The molecular formula is C17H17N5O2. The fourth-order valence-corrected chi connectivity index (χ4v) is 2.37. The van der Waals surface area contributed by atoms with Crippen LogP contribution in [0.2, 0.25) is 0 Å². The second-order valence-corrected chi connectivity index (χ2v) is 5.18. The molecule has 0 bridgehead atoms. The maximum absolute atomic E-state index is 12.5. The van der Waals surface area contributed by atoms with Gasteiger partial charge < -0.3 is 10.1 Å². The Bertz CT molecular complexity index is 846. The molecule has 3 aromatic rings. The van der Waals surface area contributed by atoms with Crippen molar-refractivity contribution < 1.29 is 9.53 Å². The summed E-state index contributed by atoms with van der Waals surface area (Å²) in [5, 5.41) is 7.05. The summed E-state index contributed by atoms with van der Waals surface area (Å²) in [4.78, 5) is 20.6. The van der Waals surface area contributed by atoms with Gasteiger partial charge in [0.2, 0.25) is 0 Å². The van der Waals surface area contributed by atoms with Gasteiger partial charge >= 0.3 is 0 Å². The fraction of sp³-hybridized carbons (Fsp3) is 0.176. The van der Waals surface area contributed by atoms with E-state index >= 15 is 0 Å². The van der Waals surface area contributed by atoms with Crippen molar-refractivity contribution in [1.29, 1.82) is 0 Å². The van der Waals surface area contributed by atoms with Crippen LogP contribution in [-0.2, 0) is 6.54 Å². The summed E-state index contributed by atoms with van der Waals surface area (Å²) in [7, 11) is 1.52. The molecule has 3 rings (SSSR count). The molecule has 1 aromatic carbocycles. The minimum absolute atomic E-state index is 0.217. The van der Waals surface area contributed by atoms with Crippen molar-refractivity contribution in [3.8, 4) is 11.4 Å². The molecule has 0 saturated heterocycles. The highest BCUT2D eigenvalue weighted by molar-refractivity contribution is 5.96. The lowest BCUT2D eigenvalue weighted by molar-refractivity contribution is 0.0947. The molecule has 7 nitrogen and oxygen atoms in total. The standard InChI is InChI=1S/C17H17N5O2/c1-12-7-14(16(24-2)9-19-12)17(23)20-8-13-5-3-4-6-15(13)22-11-18-10-21-22/h3-7,9-11H,8H2,1-2H3,(H,20,23). The first-order chi connectivity index (χ1) is 11.7. The van der Waals surface area contributed by atoms with E-state index in [2.05, 4.69) is 20.4 Å². The van der Waals surface area contributed by atoms with Crippen LogP contribution in [0.4, 0.5) is 0 Å². The largest absolute Gasteiger partial charge is 0.494 e. The number of carbonyl (C=O) groups excluding carboxylic acids is 1. The molecule has 122 valence electrons. The van der Waals surface area contributed by atoms with Gasteiger partial charge in [-0.1, -0.05) is 18.2 Å². The Morgan fingerprint density at radius 3 is 2.92 bits per heavy atom. The van der Waals surface area contributed by atoms with Crippen molar-refractivity contribution in [3.05, 3.63) is 66.0 Å². The number of benzene rings is 1. The van der Waals surface area contributed by atoms with Crippen LogP contribution in [0.15, 0.2) is 49.2 Å². The van der Waals surface area contributed by atoms with E-state index in [9.17, 15) is 4.79 Å². The van der Waals surface area contributed by atoms with Crippen LogP contribution in [0.3, 0.4) is 0 Å². The lowest BCUT2D eigenvalue weighted by atomic mass is 10.1. The third kappa shape index (κ3) is 3.24. The van der Waals surface area contributed by atoms with E-state index in [1.807, 2.05) is 31.2 Å². The number of hydrogen-bond acceptors (Lipinski definition) is 5. The highest BCUT2D eigenvalue weighted by atomic mass is 16.5. The summed E-state index contributed by atoms with van der Waals surface area (Å²) >= 11 is 0. The van der Waals surface area contributed by atoms with Gasteiger partial charge in [0.05, 0.1) is 24.6 Å². The minimum atomic E-state index is -0.217. The molecule has 1 amide bonds. The number of methoxy groups -OCH3 is 1. The topological polar surface area (TPSA) is 81.9 Å². The maximum Gasteiger partial charge on any atom is 0.255 e. The number of aryl methyl sites for hydroxylation is 1. The van der Waals surface area contributed by atoms with Crippen molar-refractivity contribution in [2.75, 3.05) is 7.11 Å². The number of hydrogen-bond donors (Lipinski definition) is 1. The first-order valence-electron chi connectivity index (χ1n) is 7.41. The lowest BCUT2D eigenvalue weighted by Crippen LogP contribution is -2.24. The monoisotopic (exact) mass is 323 g/mol. The molecule has 0 aliphatic heterocycles. The van der Waals surface area contributed by atoms with Crippen molar-refractivity contribution in [2.45, 2.75) is 13.5 Å². The number of nitrogens with one attached hydrogen (secondary N) is 1. The van der Waals surface area contributed by atoms with E-state index in [1.165, 1.54) is 13.4 Å². The number of carbonyl (C=O) groups is 1. The minimum Gasteiger partial charge on any atom is -0.494 e. The van der Waals surface area contributed by atoms with Gasteiger partial charge in [0.25, 0.3) is 5.91 Å². The summed E-state index contributed by atoms with van der Waals surface area (Å²) in [6.45, 7) is 2.19. The molecule has 2 aromatic heterocycles. The van der Waals surface area contributed by atoms with Gasteiger partial charge in [-0.25, -0.2) is 9.67 Å². The summed E-state index contributed by atoms with van der Waals surface area (Å²) in [6.07, 6.45) is 4.64. The van der Waals surface area contributed by atoms with Gasteiger partial charge in [0.1, 0.15) is 18.4 Å². The third-order valence-corrected chi connectivity index (χ3v) is 3.57. The first-order valence-corrected chi connectivity index (χ1v) is 7.41. The zero-order valence-corrected chi connectivity index (χ0v) is 13.4. The number of ether oxygens (including phenoxy) is 1. The Balaban J connectivity index is 1.80. The molecule has 7 heteroatoms. The predicted molar refractivity (Wildman–Crippen MR) is 88.1 cm³/mol.